The standard InChI is InChI=1S/C29H34O17/c1-40-11-6-13(33)18-15(7-11)42-25(10-3-4-12(32)14(5-10)41-2)26(21(18)36)45-29-27(23(38)20(35)17(9-31)44-29)46-28-24(39)22(37)19(34)16(8-30)43-28/h3-7,16-17,19-20,22-24,27-35,37-39H,8-9H2,1-2H3. The van der Waals surface area contributed by atoms with E-state index in [0.717, 1.165) is 6.07 Å². The number of ether oxygens (including phenoxy) is 6. The zero-order valence-corrected chi connectivity index (χ0v) is 24.4. The SMILES string of the molecule is COc1cc(O)c2c(=O)c(OC3OC(CO)C(O)C(O)C3OC3OC(CO)C(O)C(O)C3O)c(-c3ccc(O)c(OC)c3)oc2c1. The second kappa shape index (κ2) is 13.5. The van der Waals surface area contributed by atoms with Gasteiger partial charge in [-0.3, -0.25) is 4.79 Å². The van der Waals surface area contributed by atoms with Gasteiger partial charge in [-0.15, -0.1) is 0 Å². The molecule has 2 aliphatic heterocycles. The van der Waals surface area contributed by atoms with E-state index in [4.69, 9.17) is 32.8 Å². The van der Waals surface area contributed by atoms with Crippen LogP contribution >= 0.6 is 0 Å². The molecule has 2 aromatic carbocycles. The molecule has 5 rings (SSSR count). The Bertz CT molecular complexity index is 1590. The smallest absolute Gasteiger partial charge is 0.239 e. The van der Waals surface area contributed by atoms with Crippen molar-refractivity contribution in [1.82, 2.24) is 0 Å². The maximum absolute atomic E-state index is 14.0. The minimum absolute atomic E-state index is 0.0173. The lowest BCUT2D eigenvalue weighted by Crippen LogP contribution is -2.65. The maximum atomic E-state index is 14.0. The first-order valence-electron chi connectivity index (χ1n) is 13.9. The van der Waals surface area contributed by atoms with Crippen molar-refractivity contribution < 1.29 is 78.8 Å². The molecule has 9 N–H and O–H groups in total. The number of methoxy groups -OCH3 is 2. The van der Waals surface area contributed by atoms with E-state index >= 15 is 0 Å². The van der Waals surface area contributed by atoms with Crippen LogP contribution in [-0.2, 0) is 14.2 Å². The first-order valence-corrected chi connectivity index (χ1v) is 13.9. The van der Waals surface area contributed by atoms with Gasteiger partial charge in [-0.1, -0.05) is 0 Å². The minimum Gasteiger partial charge on any atom is -0.507 e. The van der Waals surface area contributed by atoms with E-state index in [1.165, 1.54) is 38.5 Å². The first-order chi connectivity index (χ1) is 21.9. The largest absolute Gasteiger partial charge is 0.507 e. The molecule has 0 aliphatic carbocycles. The molecule has 0 saturated carbocycles. The Morgan fingerprint density at radius 2 is 1.41 bits per heavy atom. The predicted molar refractivity (Wildman–Crippen MR) is 151 cm³/mol. The highest BCUT2D eigenvalue weighted by Gasteiger charge is 2.51. The highest BCUT2D eigenvalue weighted by atomic mass is 16.8. The summed E-state index contributed by atoms with van der Waals surface area (Å²) in [5.74, 6) is -1.60. The number of hydrogen-bond acceptors (Lipinski definition) is 17. The molecule has 2 saturated heterocycles. The number of aromatic hydroxyl groups is 2. The zero-order valence-electron chi connectivity index (χ0n) is 24.4. The Hall–Kier alpha value is -3.75. The number of phenols is 2. The van der Waals surface area contributed by atoms with Crippen LogP contribution in [0.2, 0.25) is 0 Å². The van der Waals surface area contributed by atoms with Crippen LogP contribution in [-0.4, -0.2) is 135 Å². The van der Waals surface area contributed by atoms with Crippen molar-refractivity contribution in [2.45, 2.75) is 61.4 Å². The molecule has 17 nitrogen and oxygen atoms in total. The number of aliphatic hydroxyl groups is 7. The van der Waals surface area contributed by atoms with E-state index in [-0.39, 0.29) is 39.5 Å². The molecule has 10 atom stereocenters. The number of aliphatic hydroxyl groups excluding tert-OH is 7. The Kier molecular flexibility index (Phi) is 9.89. The van der Waals surface area contributed by atoms with Crippen molar-refractivity contribution in [3.05, 3.63) is 40.6 Å². The Morgan fingerprint density at radius 3 is 2.04 bits per heavy atom. The summed E-state index contributed by atoms with van der Waals surface area (Å²) >= 11 is 0. The summed E-state index contributed by atoms with van der Waals surface area (Å²) < 4.78 is 39.0. The van der Waals surface area contributed by atoms with Gasteiger partial charge in [0.25, 0.3) is 0 Å². The quantitative estimate of drug-likeness (QED) is 0.119. The van der Waals surface area contributed by atoms with Gasteiger partial charge in [0.05, 0.1) is 27.4 Å². The predicted octanol–water partition coefficient (Wildman–Crippen LogP) is -2.11. The van der Waals surface area contributed by atoms with E-state index < -0.39 is 91.6 Å². The topological polar surface area (TPSA) is 268 Å². The third-order valence-corrected chi connectivity index (χ3v) is 7.78. The molecule has 3 aromatic rings. The lowest BCUT2D eigenvalue weighted by atomic mass is 9.97. The Labute approximate surface area is 259 Å². The van der Waals surface area contributed by atoms with E-state index in [0.29, 0.717) is 0 Å². The molecule has 0 bridgehead atoms. The molecule has 17 heteroatoms. The Balaban J connectivity index is 1.63. The van der Waals surface area contributed by atoms with Gasteiger partial charge in [-0.05, 0) is 18.2 Å². The molecule has 46 heavy (non-hydrogen) atoms. The molecule has 0 spiro atoms. The van der Waals surface area contributed by atoms with Crippen LogP contribution in [0.15, 0.2) is 39.5 Å². The Morgan fingerprint density at radius 1 is 0.761 bits per heavy atom. The van der Waals surface area contributed by atoms with Crippen molar-refractivity contribution in [1.29, 1.82) is 0 Å². The molecule has 10 unspecified atom stereocenters. The number of fused-ring (bicyclic) bond motifs is 1. The van der Waals surface area contributed by atoms with E-state index in [2.05, 4.69) is 0 Å². The number of phenolic OH excluding ortho intramolecular Hbond substituents is 2. The molecule has 0 amide bonds. The summed E-state index contributed by atoms with van der Waals surface area (Å²) in [7, 11) is 2.61. The molecule has 0 radical (unpaired) electrons. The average Bonchev–Trinajstić information content (AvgIpc) is 3.05. The first kappa shape index (κ1) is 33.6. The highest BCUT2D eigenvalue weighted by Crippen LogP contribution is 2.40. The summed E-state index contributed by atoms with van der Waals surface area (Å²) in [6.07, 6.45) is -17.7. The fourth-order valence-corrected chi connectivity index (χ4v) is 5.24. The monoisotopic (exact) mass is 654 g/mol. The van der Waals surface area contributed by atoms with Gasteiger partial charge in [0.2, 0.25) is 17.5 Å². The van der Waals surface area contributed by atoms with Crippen LogP contribution < -0.4 is 19.6 Å². The fraction of sp³-hybridized carbons (Fsp3) is 0.483. The van der Waals surface area contributed by atoms with Crippen LogP contribution in [0.5, 0.6) is 28.7 Å². The molecule has 2 fully saturated rings. The summed E-state index contributed by atoms with van der Waals surface area (Å²) in [5.41, 5.74) is -0.981. The molecule has 1 aromatic heterocycles. The highest BCUT2D eigenvalue weighted by molar-refractivity contribution is 5.88. The van der Waals surface area contributed by atoms with Crippen LogP contribution in [0.25, 0.3) is 22.3 Å². The summed E-state index contributed by atoms with van der Waals surface area (Å²) in [5, 5.41) is 92.4. The van der Waals surface area contributed by atoms with Crippen molar-refractivity contribution in [2.24, 2.45) is 0 Å². The van der Waals surface area contributed by atoms with Crippen LogP contribution in [0.3, 0.4) is 0 Å². The summed E-state index contributed by atoms with van der Waals surface area (Å²) in [6.45, 7) is -1.63. The maximum Gasteiger partial charge on any atom is 0.239 e. The lowest BCUT2D eigenvalue weighted by Gasteiger charge is -2.45. The zero-order chi connectivity index (χ0) is 33.4. The third kappa shape index (κ3) is 6.05. The second-order valence-electron chi connectivity index (χ2n) is 10.6. The van der Waals surface area contributed by atoms with Gasteiger partial charge >= 0.3 is 0 Å². The van der Waals surface area contributed by atoms with Crippen molar-refractivity contribution in [3.63, 3.8) is 0 Å². The fourth-order valence-electron chi connectivity index (χ4n) is 5.24. The van der Waals surface area contributed by atoms with Crippen LogP contribution in [0.1, 0.15) is 0 Å². The number of hydrogen-bond donors (Lipinski definition) is 9. The van der Waals surface area contributed by atoms with E-state index in [1.807, 2.05) is 0 Å². The lowest BCUT2D eigenvalue weighted by molar-refractivity contribution is -0.358. The minimum atomic E-state index is -1.94. The van der Waals surface area contributed by atoms with Gasteiger partial charge in [-0.25, -0.2) is 0 Å². The van der Waals surface area contributed by atoms with Crippen molar-refractivity contribution in [3.8, 4) is 40.1 Å². The van der Waals surface area contributed by atoms with Crippen LogP contribution in [0.4, 0.5) is 0 Å². The normalized spacial score (nSPS) is 31.5. The molecule has 2 aliphatic rings. The van der Waals surface area contributed by atoms with Gasteiger partial charge in [-0.2, -0.15) is 0 Å². The summed E-state index contributed by atoms with van der Waals surface area (Å²) in [4.78, 5) is 14.0. The third-order valence-electron chi connectivity index (χ3n) is 7.78. The number of benzene rings is 2. The van der Waals surface area contributed by atoms with E-state index in [9.17, 15) is 50.8 Å². The molecule has 252 valence electrons. The van der Waals surface area contributed by atoms with Crippen molar-refractivity contribution >= 4 is 11.0 Å². The summed E-state index contributed by atoms with van der Waals surface area (Å²) in [6, 6.07) is 6.38. The second-order valence-corrected chi connectivity index (χ2v) is 10.6. The van der Waals surface area contributed by atoms with Gasteiger partial charge in [0, 0.05) is 17.7 Å². The van der Waals surface area contributed by atoms with E-state index in [1.54, 1.807) is 0 Å². The molecule has 3 heterocycles. The number of rotatable bonds is 9. The van der Waals surface area contributed by atoms with Gasteiger partial charge in [0.15, 0.2) is 29.7 Å². The molecular weight excluding hydrogens is 620 g/mol. The molecular formula is C29H34O17. The van der Waals surface area contributed by atoms with Gasteiger partial charge < -0.3 is 78.8 Å². The van der Waals surface area contributed by atoms with Crippen LogP contribution in [0, 0.1) is 0 Å². The average molecular weight is 655 g/mol. The van der Waals surface area contributed by atoms with Gasteiger partial charge in [0.1, 0.15) is 65.2 Å². The van der Waals surface area contributed by atoms with Crippen molar-refractivity contribution in [2.75, 3.05) is 27.4 Å².